The first-order chi connectivity index (χ1) is 15.3. The summed E-state index contributed by atoms with van der Waals surface area (Å²) in [4.78, 5) is 19.0. The number of amides is 1. The first-order valence-electron chi connectivity index (χ1n) is 10.7. The van der Waals surface area contributed by atoms with Gasteiger partial charge in [0.1, 0.15) is 16.9 Å². The van der Waals surface area contributed by atoms with Gasteiger partial charge in [0.2, 0.25) is 0 Å². The summed E-state index contributed by atoms with van der Waals surface area (Å²) in [6.07, 6.45) is 3.90. The van der Waals surface area contributed by atoms with Gasteiger partial charge in [-0.2, -0.15) is 5.10 Å². The molecule has 1 amide bonds. The molecule has 2 saturated heterocycles. The summed E-state index contributed by atoms with van der Waals surface area (Å²) in [6, 6.07) is 9.40. The van der Waals surface area contributed by atoms with Gasteiger partial charge in [-0.1, -0.05) is 6.07 Å². The van der Waals surface area contributed by atoms with Gasteiger partial charge < -0.3 is 25.0 Å². The zero-order chi connectivity index (χ0) is 21.0. The number of benzene rings is 1. The number of H-pyrrole nitrogens is 1. The predicted molar refractivity (Wildman–Crippen MR) is 117 cm³/mol. The van der Waals surface area contributed by atoms with Crippen molar-refractivity contribution in [1.29, 1.82) is 0 Å². The Labute approximate surface area is 180 Å². The molecule has 0 radical (unpaired) electrons. The monoisotopic (exact) mass is 422 g/mol. The van der Waals surface area contributed by atoms with E-state index in [-0.39, 0.29) is 5.91 Å². The van der Waals surface area contributed by atoms with E-state index in [1.807, 2.05) is 29.2 Å². The van der Waals surface area contributed by atoms with E-state index in [9.17, 15) is 4.79 Å². The van der Waals surface area contributed by atoms with Crippen molar-refractivity contribution in [1.82, 2.24) is 25.4 Å². The summed E-state index contributed by atoms with van der Waals surface area (Å²) >= 11 is 0. The van der Waals surface area contributed by atoms with Crippen LogP contribution in [0.15, 0.2) is 36.5 Å². The number of hydrogen-bond acceptors (Lipinski definition) is 7. The molecule has 31 heavy (non-hydrogen) atoms. The van der Waals surface area contributed by atoms with E-state index >= 15 is 0 Å². The summed E-state index contributed by atoms with van der Waals surface area (Å²) in [7, 11) is 0. The number of aromatic nitrogens is 3. The smallest absolute Gasteiger partial charge is 0.254 e. The highest BCUT2D eigenvalue weighted by Crippen LogP contribution is 2.33. The van der Waals surface area contributed by atoms with Crippen LogP contribution >= 0.6 is 0 Å². The summed E-state index contributed by atoms with van der Waals surface area (Å²) in [5, 5.41) is 15.1. The lowest BCUT2D eigenvalue weighted by Gasteiger charge is -2.27. The highest BCUT2D eigenvalue weighted by Gasteiger charge is 2.21. The van der Waals surface area contributed by atoms with Crippen molar-refractivity contribution in [2.75, 3.05) is 44.7 Å². The number of aromatic amines is 1. The second-order valence-corrected chi connectivity index (χ2v) is 7.83. The summed E-state index contributed by atoms with van der Waals surface area (Å²) in [5.74, 6) is 1.95. The summed E-state index contributed by atoms with van der Waals surface area (Å²) < 4.78 is 11.6. The van der Waals surface area contributed by atoms with E-state index in [2.05, 4.69) is 25.8 Å². The number of fused-ring (bicyclic) bond motifs is 1. The standard InChI is InChI=1S/C22H26N6O3/c29-22(28-9-11-30-12-10-28)15-3-1-5-17(13-15)31-18-6-8-24-20-19(18)21(27-26-20)25-16-4-2-7-23-14-16/h1,3,5-6,8,13,16,23H,2,4,7,9-12,14H2,(H2,24,25,26,27). The van der Waals surface area contributed by atoms with E-state index in [1.165, 1.54) is 0 Å². The second kappa shape index (κ2) is 8.91. The molecule has 9 nitrogen and oxygen atoms in total. The van der Waals surface area contributed by atoms with Crippen LogP contribution in [0.4, 0.5) is 5.82 Å². The molecule has 1 unspecified atom stereocenters. The molecule has 4 heterocycles. The number of anilines is 1. The van der Waals surface area contributed by atoms with Gasteiger partial charge in [-0.15, -0.1) is 0 Å². The molecule has 3 aromatic rings. The van der Waals surface area contributed by atoms with E-state index in [1.54, 1.807) is 12.3 Å². The first kappa shape index (κ1) is 19.8. The molecule has 0 saturated carbocycles. The number of nitrogens with zero attached hydrogens (tertiary/aromatic N) is 3. The lowest BCUT2D eigenvalue weighted by atomic mass is 10.1. The highest BCUT2D eigenvalue weighted by molar-refractivity contribution is 5.95. The minimum atomic E-state index is -0.0101. The molecule has 2 aromatic heterocycles. The van der Waals surface area contributed by atoms with Gasteiger partial charge in [0, 0.05) is 43.5 Å². The summed E-state index contributed by atoms with van der Waals surface area (Å²) in [5.41, 5.74) is 1.26. The fourth-order valence-electron chi connectivity index (χ4n) is 4.05. The highest BCUT2D eigenvalue weighted by atomic mass is 16.5. The van der Waals surface area contributed by atoms with Crippen LogP contribution in [0.1, 0.15) is 23.2 Å². The molecule has 9 heteroatoms. The SMILES string of the molecule is O=C(c1cccc(Oc2ccnc3[nH]nc(NC4CCCNC4)c23)c1)N1CCOCC1. The van der Waals surface area contributed by atoms with Crippen LogP contribution in [-0.2, 0) is 4.74 Å². The molecule has 0 aliphatic carbocycles. The van der Waals surface area contributed by atoms with Crippen molar-refractivity contribution in [3.8, 4) is 11.5 Å². The van der Waals surface area contributed by atoms with Gasteiger partial charge in [-0.3, -0.25) is 9.89 Å². The number of rotatable bonds is 5. The van der Waals surface area contributed by atoms with Gasteiger partial charge in [0.05, 0.1) is 13.2 Å². The number of hydrogen-bond donors (Lipinski definition) is 3. The van der Waals surface area contributed by atoms with Crippen LogP contribution in [0.2, 0.25) is 0 Å². The normalized spacial score (nSPS) is 19.4. The van der Waals surface area contributed by atoms with Crippen LogP contribution < -0.4 is 15.4 Å². The molecular weight excluding hydrogens is 396 g/mol. The third-order valence-electron chi connectivity index (χ3n) is 5.67. The Morgan fingerprint density at radius 3 is 3.00 bits per heavy atom. The minimum absolute atomic E-state index is 0.0101. The van der Waals surface area contributed by atoms with Crippen molar-refractivity contribution in [3.05, 3.63) is 42.1 Å². The Morgan fingerprint density at radius 2 is 2.16 bits per heavy atom. The van der Waals surface area contributed by atoms with Gasteiger partial charge >= 0.3 is 0 Å². The lowest BCUT2D eigenvalue weighted by Crippen LogP contribution is -2.40. The molecule has 3 N–H and O–H groups in total. The predicted octanol–water partition coefficient (Wildman–Crippen LogP) is 2.39. The average molecular weight is 422 g/mol. The number of piperidine rings is 1. The average Bonchev–Trinajstić information content (AvgIpc) is 3.24. The van der Waals surface area contributed by atoms with Crippen LogP contribution in [-0.4, -0.2) is 71.4 Å². The van der Waals surface area contributed by atoms with E-state index in [0.717, 1.165) is 37.1 Å². The largest absolute Gasteiger partial charge is 0.456 e. The molecule has 0 spiro atoms. The number of ether oxygens (including phenoxy) is 2. The Hall–Kier alpha value is -3.17. The quantitative estimate of drug-likeness (QED) is 0.580. The molecule has 1 aromatic carbocycles. The van der Waals surface area contributed by atoms with E-state index in [0.29, 0.717) is 55.1 Å². The number of nitrogens with one attached hydrogen (secondary N) is 3. The van der Waals surface area contributed by atoms with Gasteiger partial charge in [-0.05, 0) is 37.6 Å². The number of carbonyl (C=O) groups excluding carboxylic acids is 1. The van der Waals surface area contributed by atoms with Crippen molar-refractivity contribution >= 4 is 22.8 Å². The maximum Gasteiger partial charge on any atom is 0.254 e. The Balaban J connectivity index is 1.39. The van der Waals surface area contributed by atoms with Gasteiger partial charge in [0.25, 0.3) is 5.91 Å². The zero-order valence-corrected chi connectivity index (χ0v) is 17.3. The fraction of sp³-hybridized carbons (Fsp3) is 0.409. The zero-order valence-electron chi connectivity index (χ0n) is 17.3. The Morgan fingerprint density at radius 1 is 1.26 bits per heavy atom. The topological polar surface area (TPSA) is 104 Å². The maximum atomic E-state index is 12.8. The number of pyridine rings is 1. The molecule has 2 aliphatic heterocycles. The van der Waals surface area contributed by atoms with Crippen molar-refractivity contribution in [2.24, 2.45) is 0 Å². The second-order valence-electron chi connectivity index (χ2n) is 7.83. The van der Waals surface area contributed by atoms with Gasteiger partial charge in [-0.25, -0.2) is 4.98 Å². The maximum absolute atomic E-state index is 12.8. The third-order valence-corrected chi connectivity index (χ3v) is 5.67. The molecule has 5 rings (SSSR count). The van der Waals surface area contributed by atoms with Crippen LogP contribution in [0.25, 0.3) is 11.0 Å². The van der Waals surface area contributed by atoms with E-state index in [4.69, 9.17) is 9.47 Å². The van der Waals surface area contributed by atoms with Crippen molar-refractivity contribution in [2.45, 2.75) is 18.9 Å². The fourth-order valence-corrected chi connectivity index (χ4v) is 4.05. The van der Waals surface area contributed by atoms with Crippen LogP contribution in [0.3, 0.4) is 0 Å². The van der Waals surface area contributed by atoms with Crippen LogP contribution in [0, 0.1) is 0 Å². The molecule has 162 valence electrons. The molecule has 0 bridgehead atoms. The number of carbonyl (C=O) groups is 1. The Bertz CT molecular complexity index is 1060. The van der Waals surface area contributed by atoms with E-state index < -0.39 is 0 Å². The molecule has 2 aliphatic rings. The first-order valence-corrected chi connectivity index (χ1v) is 10.7. The van der Waals surface area contributed by atoms with Crippen molar-refractivity contribution < 1.29 is 14.3 Å². The van der Waals surface area contributed by atoms with Crippen molar-refractivity contribution in [3.63, 3.8) is 0 Å². The third kappa shape index (κ3) is 4.33. The summed E-state index contributed by atoms with van der Waals surface area (Å²) in [6.45, 7) is 4.31. The van der Waals surface area contributed by atoms with Gasteiger partial charge in [0.15, 0.2) is 11.5 Å². The number of morpholine rings is 1. The lowest BCUT2D eigenvalue weighted by molar-refractivity contribution is 0.0302. The molecule has 2 fully saturated rings. The molecular formula is C22H26N6O3. The molecule has 1 atom stereocenters. The Kier molecular flexibility index (Phi) is 5.68. The van der Waals surface area contributed by atoms with Crippen LogP contribution in [0.5, 0.6) is 11.5 Å². The minimum Gasteiger partial charge on any atom is -0.456 e.